The predicted molar refractivity (Wildman–Crippen MR) is 108 cm³/mol. The van der Waals surface area contributed by atoms with Crippen LogP contribution < -0.4 is 4.74 Å². The van der Waals surface area contributed by atoms with Crippen LogP contribution in [0.5, 0.6) is 5.75 Å². The molecule has 0 radical (unpaired) electrons. The van der Waals surface area contributed by atoms with Gasteiger partial charge < -0.3 is 4.74 Å². The van der Waals surface area contributed by atoms with E-state index in [0.717, 1.165) is 38.2 Å². The SMILES string of the molecule is COc1ccccc1-c1nn2c(-c3cnn(-c4ccccc4)c3C)nnc2s1. The summed E-state index contributed by atoms with van der Waals surface area (Å²) in [5.41, 5.74) is 3.81. The second kappa shape index (κ2) is 6.58. The number of rotatable bonds is 4. The van der Waals surface area contributed by atoms with E-state index in [1.807, 2.05) is 66.2 Å². The highest BCUT2D eigenvalue weighted by molar-refractivity contribution is 7.19. The Morgan fingerprint density at radius 3 is 2.54 bits per heavy atom. The molecule has 138 valence electrons. The normalized spacial score (nSPS) is 11.2. The highest BCUT2D eigenvalue weighted by atomic mass is 32.1. The highest BCUT2D eigenvalue weighted by Gasteiger charge is 2.20. The van der Waals surface area contributed by atoms with Gasteiger partial charge in [0.2, 0.25) is 4.96 Å². The molecule has 2 aromatic carbocycles. The van der Waals surface area contributed by atoms with Crippen LogP contribution in [0.2, 0.25) is 0 Å². The summed E-state index contributed by atoms with van der Waals surface area (Å²) in [6.07, 6.45) is 1.81. The first kappa shape index (κ1) is 16.6. The van der Waals surface area contributed by atoms with E-state index < -0.39 is 0 Å². The van der Waals surface area contributed by atoms with E-state index in [9.17, 15) is 0 Å². The molecule has 7 nitrogen and oxygen atoms in total. The van der Waals surface area contributed by atoms with Crippen molar-refractivity contribution >= 4 is 16.3 Å². The Morgan fingerprint density at radius 1 is 0.929 bits per heavy atom. The van der Waals surface area contributed by atoms with Gasteiger partial charge in [-0.1, -0.05) is 41.7 Å². The molecule has 0 saturated heterocycles. The van der Waals surface area contributed by atoms with Crippen LogP contribution in [-0.4, -0.2) is 36.7 Å². The van der Waals surface area contributed by atoms with Crippen molar-refractivity contribution in [3.05, 3.63) is 66.5 Å². The molecule has 8 heteroatoms. The summed E-state index contributed by atoms with van der Waals surface area (Å²) in [6.45, 7) is 2.02. The maximum Gasteiger partial charge on any atom is 0.235 e. The summed E-state index contributed by atoms with van der Waals surface area (Å²) in [7, 11) is 1.66. The summed E-state index contributed by atoms with van der Waals surface area (Å²) in [5.74, 6) is 1.45. The van der Waals surface area contributed by atoms with Gasteiger partial charge in [0.05, 0.1) is 35.8 Å². The molecule has 0 saturated carbocycles. The molecule has 5 rings (SSSR count). The van der Waals surface area contributed by atoms with Gasteiger partial charge in [-0.05, 0) is 31.2 Å². The first-order valence-electron chi connectivity index (χ1n) is 8.72. The fourth-order valence-electron chi connectivity index (χ4n) is 3.17. The van der Waals surface area contributed by atoms with E-state index in [1.165, 1.54) is 11.3 Å². The Labute approximate surface area is 164 Å². The Bertz CT molecular complexity index is 1270. The van der Waals surface area contributed by atoms with Crippen molar-refractivity contribution in [3.8, 4) is 33.4 Å². The number of hydrogen-bond donors (Lipinski definition) is 0. The predicted octanol–water partition coefficient (Wildman–Crippen LogP) is 4.02. The minimum Gasteiger partial charge on any atom is -0.496 e. The van der Waals surface area contributed by atoms with E-state index in [4.69, 9.17) is 9.84 Å². The van der Waals surface area contributed by atoms with Gasteiger partial charge in [-0.25, -0.2) is 4.68 Å². The van der Waals surface area contributed by atoms with E-state index in [1.54, 1.807) is 17.8 Å². The van der Waals surface area contributed by atoms with Gasteiger partial charge in [0.1, 0.15) is 5.75 Å². The van der Waals surface area contributed by atoms with Crippen molar-refractivity contribution in [2.75, 3.05) is 7.11 Å². The smallest absolute Gasteiger partial charge is 0.235 e. The maximum absolute atomic E-state index is 5.47. The van der Waals surface area contributed by atoms with E-state index in [2.05, 4.69) is 15.3 Å². The first-order chi connectivity index (χ1) is 13.8. The zero-order valence-electron chi connectivity index (χ0n) is 15.3. The molecule has 0 N–H and O–H groups in total. The third-order valence-corrected chi connectivity index (χ3v) is 5.51. The second-order valence-corrected chi connectivity index (χ2v) is 7.17. The van der Waals surface area contributed by atoms with Crippen molar-refractivity contribution in [1.29, 1.82) is 0 Å². The van der Waals surface area contributed by atoms with E-state index >= 15 is 0 Å². The van der Waals surface area contributed by atoms with Crippen LogP contribution in [-0.2, 0) is 0 Å². The minimum absolute atomic E-state index is 0.673. The van der Waals surface area contributed by atoms with Crippen LogP contribution in [0.15, 0.2) is 60.8 Å². The molecule has 0 aliphatic carbocycles. The molecule has 0 aliphatic heterocycles. The molecule has 3 heterocycles. The summed E-state index contributed by atoms with van der Waals surface area (Å²) >= 11 is 1.48. The third-order valence-electron chi connectivity index (χ3n) is 4.58. The molecule has 0 bridgehead atoms. The lowest BCUT2D eigenvalue weighted by molar-refractivity contribution is 0.416. The molecule has 0 amide bonds. The van der Waals surface area contributed by atoms with Crippen molar-refractivity contribution in [3.63, 3.8) is 0 Å². The Balaban J connectivity index is 1.62. The molecule has 0 fully saturated rings. The summed E-state index contributed by atoms with van der Waals surface area (Å²) < 4.78 is 9.13. The van der Waals surface area contributed by atoms with Crippen LogP contribution >= 0.6 is 11.3 Å². The van der Waals surface area contributed by atoms with Crippen molar-refractivity contribution in [2.24, 2.45) is 0 Å². The Kier molecular flexibility index (Phi) is 3.91. The molecule has 0 spiro atoms. The van der Waals surface area contributed by atoms with Crippen LogP contribution in [0.1, 0.15) is 5.69 Å². The number of benzene rings is 2. The monoisotopic (exact) mass is 388 g/mol. The average molecular weight is 388 g/mol. The lowest BCUT2D eigenvalue weighted by Crippen LogP contribution is -1.99. The molecular formula is C20H16N6OS. The Hall–Kier alpha value is -3.52. The zero-order chi connectivity index (χ0) is 19.1. The van der Waals surface area contributed by atoms with Gasteiger partial charge in [-0.15, -0.1) is 10.2 Å². The number of fused-ring (bicyclic) bond motifs is 1. The largest absolute Gasteiger partial charge is 0.496 e. The third kappa shape index (κ3) is 2.57. The first-order valence-corrected chi connectivity index (χ1v) is 9.54. The number of methoxy groups -OCH3 is 1. The lowest BCUT2D eigenvalue weighted by atomic mass is 10.2. The summed E-state index contributed by atoms with van der Waals surface area (Å²) in [6, 6.07) is 17.8. The number of para-hydroxylation sites is 2. The number of aromatic nitrogens is 6. The standard InChI is InChI=1S/C20H16N6OS/c1-13-16(12-21-25(13)14-8-4-3-5-9-14)18-22-23-20-26(18)24-19(28-20)15-10-6-7-11-17(15)27-2/h3-12H,1-2H3. The second-order valence-electron chi connectivity index (χ2n) is 6.22. The summed E-state index contributed by atoms with van der Waals surface area (Å²) in [5, 5.41) is 18.8. The number of ether oxygens (including phenoxy) is 1. The van der Waals surface area contributed by atoms with Gasteiger partial charge in [0.15, 0.2) is 10.8 Å². The minimum atomic E-state index is 0.673. The Morgan fingerprint density at radius 2 is 1.71 bits per heavy atom. The van der Waals surface area contributed by atoms with Gasteiger partial charge in [-0.2, -0.15) is 14.7 Å². The fraction of sp³-hybridized carbons (Fsp3) is 0.100. The van der Waals surface area contributed by atoms with Gasteiger partial charge in [0.25, 0.3) is 0 Å². The van der Waals surface area contributed by atoms with Crippen LogP contribution in [0, 0.1) is 6.92 Å². The quantitative estimate of drug-likeness (QED) is 0.465. The van der Waals surface area contributed by atoms with E-state index in [-0.39, 0.29) is 0 Å². The molecule has 5 aromatic rings. The van der Waals surface area contributed by atoms with Gasteiger partial charge >= 0.3 is 0 Å². The van der Waals surface area contributed by atoms with Crippen LogP contribution in [0.3, 0.4) is 0 Å². The van der Waals surface area contributed by atoms with Gasteiger partial charge in [0, 0.05) is 0 Å². The topological polar surface area (TPSA) is 70.1 Å². The molecule has 3 aromatic heterocycles. The van der Waals surface area contributed by atoms with Gasteiger partial charge in [-0.3, -0.25) is 0 Å². The van der Waals surface area contributed by atoms with E-state index in [0.29, 0.717) is 5.82 Å². The van der Waals surface area contributed by atoms with Crippen molar-refractivity contribution in [1.82, 2.24) is 29.6 Å². The lowest BCUT2D eigenvalue weighted by Gasteiger charge is -2.04. The van der Waals surface area contributed by atoms with Crippen LogP contribution in [0.25, 0.3) is 32.6 Å². The average Bonchev–Trinajstić information content (AvgIpc) is 3.43. The number of hydrogen-bond acceptors (Lipinski definition) is 6. The number of nitrogens with zero attached hydrogens (tertiary/aromatic N) is 6. The summed E-state index contributed by atoms with van der Waals surface area (Å²) in [4.78, 5) is 0.725. The maximum atomic E-state index is 5.47. The molecule has 0 aliphatic rings. The molecular weight excluding hydrogens is 372 g/mol. The molecule has 0 unspecified atom stereocenters. The molecule has 28 heavy (non-hydrogen) atoms. The van der Waals surface area contributed by atoms with Crippen molar-refractivity contribution < 1.29 is 4.74 Å². The fourth-order valence-corrected chi connectivity index (χ4v) is 4.04. The molecule has 0 atom stereocenters. The van der Waals surface area contributed by atoms with Crippen molar-refractivity contribution in [2.45, 2.75) is 6.92 Å². The highest BCUT2D eigenvalue weighted by Crippen LogP contribution is 2.34. The zero-order valence-corrected chi connectivity index (χ0v) is 16.1. The van der Waals surface area contributed by atoms with Crippen LogP contribution in [0.4, 0.5) is 0 Å².